The summed E-state index contributed by atoms with van der Waals surface area (Å²) in [6.07, 6.45) is 1.70. The molecule has 0 amide bonds. The van der Waals surface area contributed by atoms with E-state index in [0.29, 0.717) is 12.8 Å². The zero-order chi connectivity index (χ0) is 9.98. The van der Waals surface area contributed by atoms with Gasteiger partial charge in [0.15, 0.2) is 0 Å². The first-order valence-corrected chi connectivity index (χ1v) is 3.94. The van der Waals surface area contributed by atoms with Crippen molar-refractivity contribution in [3.8, 4) is 0 Å². The predicted molar refractivity (Wildman–Crippen MR) is 47.5 cm³/mol. The number of aliphatic carboxylic acids is 2. The molecule has 0 saturated heterocycles. The molecule has 80 valence electrons. The molecule has 0 atom stereocenters. The Morgan fingerprint density at radius 3 is 1.14 bits per heavy atom. The summed E-state index contributed by atoms with van der Waals surface area (Å²) in [6, 6.07) is 0. The smallest absolute Gasteiger partial charge is 0.870 e. The zero-order valence-corrected chi connectivity index (χ0v) is 11.8. The fourth-order valence-electron chi connectivity index (χ4n) is 0.408. The molecule has 0 fully saturated rings. The molecule has 0 aromatic carbocycles. The van der Waals surface area contributed by atoms with Gasteiger partial charge in [0, 0.05) is 11.9 Å². The number of carbonyl (C=O) groups excluding carboxylic acids is 2. The number of carboxylic acid groups (broad SMARTS) is 2. The van der Waals surface area contributed by atoms with Gasteiger partial charge in [0.2, 0.25) is 0 Å². The normalized spacial score (nSPS) is 7.00. The first kappa shape index (κ1) is 23.5. The Bertz CT molecular complexity index is 122. The fraction of sp³-hybridized carbons (Fsp3) is 0.750. The Kier molecular flexibility index (Phi) is 31.1. The monoisotopic (exact) mass is 306 g/mol. The zero-order valence-electron chi connectivity index (χ0n) is 8.49. The van der Waals surface area contributed by atoms with Crippen LogP contribution in [-0.2, 0) is 9.59 Å². The van der Waals surface area contributed by atoms with Crippen LogP contribution in [0.25, 0.3) is 0 Å². The molecule has 0 saturated carbocycles. The molecule has 0 aliphatic heterocycles. The largest absolute Gasteiger partial charge is 3.00 e. The summed E-state index contributed by atoms with van der Waals surface area (Å²) in [6.45, 7) is 3.60. The Labute approximate surface area is 103 Å². The van der Waals surface area contributed by atoms with Crippen LogP contribution in [0.3, 0.4) is 0 Å². The molecule has 0 aliphatic carbocycles. The van der Waals surface area contributed by atoms with Gasteiger partial charge in [0.25, 0.3) is 0 Å². The molecule has 14 heavy (non-hydrogen) atoms. The SMILES string of the molecule is CCCC(=O)[O-].CCCC(=O)[O-].[In+3].[OH-]. The van der Waals surface area contributed by atoms with Crippen LogP contribution in [0.4, 0.5) is 0 Å². The average Bonchev–Trinajstić information content (AvgIpc) is 1.87. The van der Waals surface area contributed by atoms with Crippen molar-refractivity contribution in [3.63, 3.8) is 0 Å². The van der Waals surface area contributed by atoms with Crippen LogP contribution in [0.15, 0.2) is 0 Å². The third kappa shape index (κ3) is 41.0. The molecule has 0 aliphatic rings. The van der Waals surface area contributed by atoms with Gasteiger partial charge >= 0.3 is 25.8 Å². The summed E-state index contributed by atoms with van der Waals surface area (Å²) in [5, 5.41) is 19.0. The van der Waals surface area contributed by atoms with E-state index in [0.717, 1.165) is 0 Å². The molecule has 0 rings (SSSR count). The number of hydrogen-bond acceptors (Lipinski definition) is 5. The standard InChI is InChI=1S/2C4H8O2.In.H2O/c2*1-2-3-4(5)6;;/h2*2-3H2,1H3,(H,5,6);;1H2/q;;+3;/p-3. The summed E-state index contributed by atoms with van der Waals surface area (Å²) in [4.78, 5) is 19.0. The molecular formula is C8H15InO5. The first-order chi connectivity index (χ1) is 5.54. The third-order valence-electron chi connectivity index (χ3n) is 0.908. The van der Waals surface area contributed by atoms with Crippen molar-refractivity contribution in [2.45, 2.75) is 39.5 Å². The molecule has 0 heterocycles. The van der Waals surface area contributed by atoms with Crippen molar-refractivity contribution in [1.29, 1.82) is 0 Å². The molecule has 0 aromatic heterocycles. The number of rotatable bonds is 4. The molecule has 0 spiro atoms. The summed E-state index contributed by atoms with van der Waals surface area (Å²) in [5.74, 6) is -1.92. The van der Waals surface area contributed by atoms with E-state index in [9.17, 15) is 19.8 Å². The molecule has 1 N–H and O–H groups in total. The molecule has 0 unspecified atom stereocenters. The Hall–Kier alpha value is -0.230. The second-order valence-electron chi connectivity index (χ2n) is 2.24. The van der Waals surface area contributed by atoms with E-state index < -0.39 is 11.9 Å². The Balaban J connectivity index is -0.0000000625. The maximum Gasteiger partial charge on any atom is 3.00 e. The van der Waals surface area contributed by atoms with Gasteiger partial charge in [-0.15, -0.1) is 0 Å². The molecule has 5 nitrogen and oxygen atoms in total. The minimum absolute atomic E-state index is 0. The van der Waals surface area contributed by atoms with Crippen LogP contribution in [0.1, 0.15) is 39.5 Å². The second kappa shape index (κ2) is 18.5. The molecular weight excluding hydrogens is 291 g/mol. The topological polar surface area (TPSA) is 110 Å². The van der Waals surface area contributed by atoms with E-state index in [1.54, 1.807) is 13.8 Å². The second-order valence-corrected chi connectivity index (χ2v) is 2.24. The maximum atomic E-state index is 9.49. The van der Waals surface area contributed by atoms with Crippen molar-refractivity contribution in [2.75, 3.05) is 0 Å². The summed E-state index contributed by atoms with van der Waals surface area (Å²) < 4.78 is 0. The van der Waals surface area contributed by atoms with Gasteiger partial charge in [0.05, 0.1) is 0 Å². The fourth-order valence-corrected chi connectivity index (χ4v) is 0.408. The number of carbonyl (C=O) groups is 2. The van der Waals surface area contributed by atoms with E-state index in [4.69, 9.17) is 0 Å². The van der Waals surface area contributed by atoms with Gasteiger partial charge in [-0.1, -0.05) is 26.7 Å². The van der Waals surface area contributed by atoms with Crippen molar-refractivity contribution >= 4 is 37.8 Å². The predicted octanol–water partition coefficient (Wildman–Crippen LogP) is -1.48. The van der Waals surface area contributed by atoms with Crippen LogP contribution in [0.5, 0.6) is 0 Å². The van der Waals surface area contributed by atoms with Crippen LogP contribution in [0.2, 0.25) is 0 Å². The van der Waals surface area contributed by atoms with Crippen molar-refractivity contribution in [1.82, 2.24) is 0 Å². The van der Waals surface area contributed by atoms with Gasteiger partial charge in [0.1, 0.15) is 0 Å². The van der Waals surface area contributed by atoms with Gasteiger partial charge < -0.3 is 25.3 Å². The molecule has 0 aromatic rings. The Morgan fingerprint density at radius 2 is 1.14 bits per heavy atom. The number of carboxylic acids is 2. The van der Waals surface area contributed by atoms with Crippen LogP contribution >= 0.6 is 0 Å². The van der Waals surface area contributed by atoms with Crippen molar-refractivity contribution < 1.29 is 25.3 Å². The molecule has 0 radical (unpaired) electrons. The molecule has 0 bridgehead atoms. The van der Waals surface area contributed by atoms with Crippen LogP contribution in [0, 0.1) is 0 Å². The minimum Gasteiger partial charge on any atom is -0.870 e. The third-order valence-corrected chi connectivity index (χ3v) is 0.908. The van der Waals surface area contributed by atoms with Crippen molar-refractivity contribution in [3.05, 3.63) is 0 Å². The summed E-state index contributed by atoms with van der Waals surface area (Å²) in [5.41, 5.74) is 0. The van der Waals surface area contributed by atoms with Crippen LogP contribution in [-0.4, -0.2) is 43.3 Å². The van der Waals surface area contributed by atoms with Gasteiger partial charge in [-0.05, 0) is 12.8 Å². The van der Waals surface area contributed by atoms with Crippen molar-refractivity contribution in [2.24, 2.45) is 0 Å². The summed E-state index contributed by atoms with van der Waals surface area (Å²) in [7, 11) is 0. The van der Waals surface area contributed by atoms with E-state index in [2.05, 4.69) is 0 Å². The minimum atomic E-state index is -0.961. The van der Waals surface area contributed by atoms with Gasteiger partial charge in [-0.2, -0.15) is 0 Å². The van der Waals surface area contributed by atoms with E-state index in [1.807, 2.05) is 0 Å². The van der Waals surface area contributed by atoms with Crippen LogP contribution < -0.4 is 10.2 Å². The average molecular weight is 306 g/mol. The van der Waals surface area contributed by atoms with E-state index >= 15 is 0 Å². The summed E-state index contributed by atoms with van der Waals surface area (Å²) >= 11 is 0. The van der Waals surface area contributed by atoms with E-state index in [1.165, 1.54) is 0 Å². The van der Waals surface area contributed by atoms with Gasteiger partial charge in [-0.25, -0.2) is 0 Å². The van der Waals surface area contributed by atoms with Gasteiger partial charge in [-0.3, -0.25) is 0 Å². The molecule has 6 heteroatoms. The maximum absolute atomic E-state index is 9.49. The quantitative estimate of drug-likeness (QED) is 0.628. The number of hydrogen-bond donors (Lipinski definition) is 0. The Morgan fingerprint density at radius 1 is 0.929 bits per heavy atom. The van der Waals surface area contributed by atoms with E-state index in [-0.39, 0.29) is 44.2 Å². The first-order valence-electron chi connectivity index (χ1n) is 3.94.